The fraction of sp³-hybridized carbons (Fsp3) is 0.350. The molecule has 27 heavy (non-hydrogen) atoms. The second-order valence-electron chi connectivity index (χ2n) is 6.99. The Hall–Kier alpha value is -2.38. The zero-order chi connectivity index (χ0) is 19.6. The van der Waals surface area contributed by atoms with Gasteiger partial charge >= 0.3 is 0 Å². The Labute approximate surface area is 160 Å². The maximum atomic E-state index is 12.8. The van der Waals surface area contributed by atoms with Crippen molar-refractivity contribution in [2.75, 3.05) is 24.4 Å². The Morgan fingerprint density at radius 2 is 1.74 bits per heavy atom. The van der Waals surface area contributed by atoms with Crippen molar-refractivity contribution in [2.24, 2.45) is 5.73 Å². The molecule has 1 aliphatic heterocycles. The van der Waals surface area contributed by atoms with E-state index in [-0.39, 0.29) is 16.8 Å². The topological polar surface area (TPSA) is 83.7 Å². The summed E-state index contributed by atoms with van der Waals surface area (Å²) in [5.41, 5.74) is 7.99. The van der Waals surface area contributed by atoms with E-state index in [1.54, 1.807) is 53.4 Å². The molecule has 1 atom stereocenters. The Kier molecular flexibility index (Phi) is 5.53. The van der Waals surface area contributed by atoms with Gasteiger partial charge in [-0.25, -0.2) is 8.42 Å². The van der Waals surface area contributed by atoms with E-state index in [1.165, 1.54) is 11.4 Å². The predicted molar refractivity (Wildman–Crippen MR) is 106 cm³/mol. The van der Waals surface area contributed by atoms with E-state index in [9.17, 15) is 13.2 Å². The first-order valence-corrected chi connectivity index (χ1v) is 10.4. The van der Waals surface area contributed by atoms with E-state index >= 15 is 0 Å². The number of rotatable bonds is 4. The quantitative estimate of drug-likeness (QED) is 0.873. The molecule has 0 saturated carbocycles. The van der Waals surface area contributed by atoms with Gasteiger partial charge in [0.1, 0.15) is 0 Å². The van der Waals surface area contributed by atoms with Crippen LogP contribution in [0.2, 0.25) is 0 Å². The monoisotopic (exact) mass is 387 g/mol. The first-order chi connectivity index (χ1) is 12.8. The number of likely N-dealkylation sites (tertiary alicyclic amines) is 1. The van der Waals surface area contributed by atoms with Crippen molar-refractivity contribution in [2.45, 2.75) is 30.7 Å². The third-order valence-electron chi connectivity index (χ3n) is 4.90. The van der Waals surface area contributed by atoms with Crippen LogP contribution in [0.25, 0.3) is 0 Å². The zero-order valence-corrected chi connectivity index (χ0v) is 16.4. The van der Waals surface area contributed by atoms with Crippen molar-refractivity contribution in [3.05, 3.63) is 59.7 Å². The van der Waals surface area contributed by atoms with Gasteiger partial charge in [0.25, 0.3) is 15.9 Å². The first-order valence-electron chi connectivity index (χ1n) is 8.99. The van der Waals surface area contributed by atoms with Crippen LogP contribution >= 0.6 is 0 Å². The van der Waals surface area contributed by atoms with E-state index in [0.717, 1.165) is 18.4 Å². The molecule has 2 aromatic carbocycles. The van der Waals surface area contributed by atoms with Gasteiger partial charge in [0, 0.05) is 31.7 Å². The molecule has 2 N–H and O–H groups in total. The molecule has 0 aliphatic carbocycles. The number of aryl methyl sites for hydroxylation is 1. The number of sulfonamides is 1. The van der Waals surface area contributed by atoms with Crippen molar-refractivity contribution in [3.63, 3.8) is 0 Å². The number of nitrogens with two attached hydrogens (primary N) is 1. The number of piperidine rings is 1. The molecule has 1 unspecified atom stereocenters. The van der Waals surface area contributed by atoms with Crippen LogP contribution in [0.3, 0.4) is 0 Å². The number of carbonyl (C=O) groups excluding carboxylic acids is 1. The third-order valence-corrected chi connectivity index (χ3v) is 6.70. The molecule has 0 spiro atoms. The normalized spacial score (nSPS) is 17.6. The molecule has 7 heteroatoms. The maximum absolute atomic E-state index is 12.8. The summed E-state index contributed by atoms with van der Waals surface area (Å²) in [4.78, 5) is 14.6. The highest BCUT2D eigenvalue weighted by Crippen LogP contribution is 2.23. The molecule has 1 fully saturated rings. The maximum Gasteiger partial charge on any atom is 0.264 e. The predicted octanol–water partition coefficient (Wildman–Crippen LogP) is 2.38. The summed E-state index contributed by atoms with van der Waals surface area (Å²) < 4.78 is 26.8. The smallest absolute Gasteiger partial charge is 0.264 e. The van der Waals surface area contributed by atoms with Gasteiger partial charge in [0.2, 0.25) is 0 Å². The number of carbonyl (C=O) groups is 1. The van der Waals surface area contributed by atoms with Gasteiger partial charge < -0.3 is 10.6 Å². The molecular formula is C20H25N3O3S. The lowest BCUT2D eigenvalue weighted by Crippen LogP contribution is -2.45. The van der Waals surface area contributed by atoms with Gasteiger partial charge in [-0.1, -0.05) is 17.7 Å². The van der Waals surface area contributed by atoms with E-state index in [1.807, 2.05) is 6.92 Å². The lowest BCUT2D eigenvalue weighted by Gasteiger charge is -2.31. The van der Waals surface area contributed by atoms with Crippen LogP contribution in [0.1, 0.15) is 28.8 Å². The summed E-state index contributed by atoms with van der Waals surface area (Å²) >= 11 is 0. The largest absolute Gasteiger partial charge is 0.337 e. The number of benzene rings is 2. The summed E-state index contributed by atoms with van der Waals surface area (Å²) in [5, 5.41) is 0. The SMILES string of the molecule is Cc1ccc(S(=O)(=O)N(C)c2ccc(C(=O)N3CCCC(N)C3)cc2)cc1. The fourth-order valence-corrected chi connectivity index (χ4v) is 4.39. The molecule has 1 heterocycles. The third kappa shape index (κ3) is 4.14. The highest BCUT2D eigenvalue weighted by Gasteiger charge is 2.24. The second-order valence-corrected chi connectivity index (χ2v) is 8.96. The molecule has 0 bridgehead atoms. The van der Waals surface area contributed by atoms with Gasteiger partial charge in [-0.15, -0.1) is 0 Å². The molecule has 1 saturated heterocycles. The summed E-state index contributed by atoms with van der Waals surface area (Å²) in [5.74, 6) is -0.0688. The van der Waals surface area contributed by atoms with Crippen molar-refractivity contribution in [3.8, 4) is 0 Å². The number of hydrogen-bond donors (Lipinski definition) is 1. The minimum Gasteiger partial charge on any atom is -0.337 e. The van der Waals surface area contributed by atoms with E-state index < -0.39 is 10.0 Å². The Bertz CT molecular complexity index is 908. The van der Waals surface area contributed by atoms with Gasteiger partial charge in [-0.05, 0) is 56.2 Å². The van der Waals surface area contributed by atoms with Crippen LogP contribution in [0.4, 0.5) is 5.69 Å². The standard InChI is InChI=1S/C20H25N3O3S/c1-15-5-11-19(12-6-15)27(25,26)22(2)18-9-7-16(8-10-18)20(24)23-13-3-4-17(21)14-23/h5-12,17H,3-4,13-14,21H2,1-2H3. The molecule has 0 aromatic heterocycles. The molecule has 2 aromatic rings. The minimum atomic E-state index is -3.65. The highest BCUT2D eigenvalue weighted by atomic mass is 32.2. The molecule has 1 amide bonds. The zero-order valence-electron chi connectivity index (χ0n) is 15.6. The van der Waals surface area contributed by atoms with E-state index in [4.69, 9.17) is 5.73 Å². The summed E-state index contributed by atoms with van der Waals surface area (Å²) in [7, 11) is -2.14. The number of amides is 1. The van der Waals surface area contributed by atoms with Gasteiger partial charge in [-0.3, -0.25) is 9.10 Å². The van der Waals surface area contributed by atoms with Crippen LogP contribution in [-0.4, -0.2) is 45.4 Å². The average Bonchev–Trinajstić information content (AvgIpc) is 2.67. The van der Waals surface area contributed by atoms with Crippen LogP contribution in [0.15, 0.2) is 53.4 Å². The number of anilines is 1. The Balaban J connectivity index is 1.78. The Morgan fingerprint density at radius 1 is 1.11 bits per heavy atom. The molecular weight excluding hydrogens is 362 g/mol. The fourth-order valence-electron chi connectivity index (χ4n) is 3.20. The van der Waals surface area contributed by atoms with E-state index in [2.05, 4.69) is 0 Å². The van der Waals surface area contributed by atoms with Crippen molar-refractivity contribution >= 4 is 21.6 Å². The summed E-state index contributed by atoms with van der Waals surface area (Å²) in [6.07, 6.45) is 1.84. The summed E-state index contributed by atoms with van der Waals surface area (Å²) in [6.45, 7) is 3.17. The van der Waals surface area contributed by atoms with Crippen molar-refractivity contribution in [1.82, 2.24) is 4.90 Å². The van der Waals surface area contributed by atoms with Crippen LogP contribution in [0, 0.1) is 6.92 Å². The average molecular weight is 388 g/mol. The molecule has 0 radical (unpaired) electrons. The lowest BCUT2D eigenvalue weighted by atomic mass is 10.1. The first kappa shape index (κ1) is 19.4. The molecule has 6 nitrogen and oxygen atoms in total. The highest BCUT2D eigenvalue weighted by molar-refractivity contribution is 7.92. The second kappa shape index (κ2) is 7.70. The summed E-state index contributed by atoms with van der Waals surface area (Å²) in [6, 6.07) is 13.4. The number of hydrogen-bond acceptors (Lipinski definition) is 4. The van der Waals surface area contributed by atoms with Crippen LogP contribution in [-0.2, 0) is 10.0 Å². The molecule has 144 valence electrons. The lowest BCUT2D eigenvalue weighted by molar-refractivity contribution is 0.0709. The van der Waals surface area contributed by atoms with Crippen molar-refractivity contribution in [1.29, 1.82) is 0 Å². The minimum absolute atomic E-state index is 0.0211. The van der Waals surface area contributed by atoms with Crippen LogP contribution < -0.4 is 10.0 Å². The van der Waals surface area contributed by atoms with Crippen LogP contribution in [0.5, 0.6) is 0 Å². The van der Waals surface area contributed by atoms with Gasteiger partial charge in [0.15, 0.2) is 0 Å². The molecule has 1 aliphatic rings. The van der Waals surface area contributed by atoms with Gasteiger partial charge in [-0.2, -0.15) is 0 Å². The van der Waals surface area contributed by atoms with Crippen molar-refractivity contribution < 1.29 is 13.2 Å². The Morgan fingerprint density at radius 3 is 2.33 bits per heavy atom. The number of nitrogens with zero attached hydrogens (tertiary/aromatic N) is 2. The van der Waals surface area contributed by atoms with Gasteiger partial charge in [0.05, 0.1) is 10.6 Å². The van der Waals surface area contributed by atoms with E-state index in [0.29, 0.717) is 24.3 Å². The molecule has 3 rings (SSSR count).